The molecule has 0 bridgehead atoms. The number of hydrogen-bond donors (Lipinski definition) is 2. The van der Waals surface area contributed by atoms with E-state index in [4.69, 9.17) is 5.73 Å². The predicted octanol–water partition coefficient (Wildman–Crippen LogP) is 1.76. The molecular formula is C12H20N2. The summed E-state index contributed by atoms with van der Waals surface area (Å²) in [5, 5.41) is 3.46. The molecule has 0 unspecified atom stereocenters. The maximum Gasteiger partial charge on any atom is 0.0216 e. The average molecular weight is 192 g/mol. The van der Waals surface area contributed by atoms with E-state index in [2.05, 4.69) is 43.4 Å². The highest BCUT2D eigenvalue weighted by molar-refractivity contribution is 5.14. The summed E-state index contributed by atoms with van der Waals surface area (Å²) < 4.78 is 0. The van der Waals surface area contributed by atoms with Crippen LogP contribution in [-0.4, -0.2) is 12.6 Å². The molecule has 14 heavy (non-hydrogen) atoms. The van der Waals surface area contributed by atoms with Crippen molar-refractivity contribution >= 4 is 0 Å². The molecule has 0 aliphatic rings. The minimum absolute atomic E-state index is 0.412. The lowest BCUT2D eigenvalue weighted by Gasteiger charge is -2.20. The fraction of sp³-hybridized carbons (Fsp3) is 0.500. The Balaban J connectivity index is 2.40. The molecule has 3 N–H and O–H groups in total. The van der Waals surface area contributed by atoms with Gasteiger partial charge < -0.3 is 11.1 Å². The Hall–Kier alpha value is -0.860. The summed E-state index contributed by atoms with van der Waals surface area (Å²) in [6.45, 7) is 5.98. The van der Waals surface area contributed by atoms with Gasteiger partial charge in [-0.1, -0.05) is 44.2 Å². The highest BCUT2D eigenvalue weighted by atomic mass is 14.9. The van der Waals surface area contributed by atoms with Gasteiger partial charge in [-0.05, 0) is 11.5 Å². The molecule has 2 nitrogen and oxygen atoms in total. The van der Waals surface area contributed by atoms with Gasteiger partial charge in [0.2, 0.25) is 0 Å². The summed E-state index contributed by atoms with van der Waals surface area (Å²) in [4.78, 5) is 0. The van der Waals surface area contributed by atoms with E-state index in [1.807, 2.05) is 6.07 Å². The zero-order valence-corrected chi connectivity index (χ0v) is 9.03. The van der Waals surface area contributed by atoms with Gasteiger partial charge in [0.15, 0.2) is 0 Å². The number of nitrogens with one attached hydrogen (secondary N) is 1. The van der Waals surface area contributed by atoms with Crippen molar-refractivity contribution in [1.29, 1.82) is 0 Å². The van der Waals surface area contributed by atoms with Gasteiger partial charge in [0.25, 0.3) is 0 Å². The molecule has 0 aromatic heterocycles. The van der Waals surface area contributed by atoms with Crippen molar-refractivity contribution in [3.63, 3.8) is 0 Å². The Bertz CT molecular complexity index is 244. The molecule has 1 aromatic rings. The SMILES string of the molecule is CC(C)[C@H](CN)NCc1ccccc1. The molecular weight excluding hydrogens is 172 g/mol. The largest absolute Gasteiger partial charge is 0.329 e. The van der Waals surface area contributed by atoms with E-state index >= 15 is 0 Å². The Kier molecular flexibility index (Phi) is 4.63. The van der Waals surface area contributed by atoms with Crippen LogP contribution < -0.4 is 11.1 Å². The maximum absolute atomic E-state index is 5.68. The molecule has 0 saturated heterocycles. The Morgan fingerprint density at radius 1 is 1.21 bits per heavy atom. The molecule has 0 aliphatic heterocycles. The topological polar surface area (TPSA) is 38.0 Å². The van der Waals surface area contributed by atoms with Crippen LogP contribution in [0.3, 0.4) is 0 Å². The molecule has 2 heteroatoms. The first-order chi connectivity index (χ1) is 6.74. The number of benzene rings is 1. The first-order valence-electron chi connectivity index (χ1n) is 5.21. The van der Waals surface area contributed by atoms with Gasteiger partial charge in [-0.25, -0.2) is 0 Å². The van der Waals surface area contributed by atoms with Gasteiger partial charge in [0.05, 0.1) is 0 Å². The zero-order chi connectivity index (χ0) is 10.4. The maximum atomic E-state index is 5.68. The highest BCUT2D eigenvalue weighted by Gasteiger charge is 2.09. The van der Waals surface area contributed by atoms with E-state index in [1.54, 1.807) is 0 Å². The minimum atomic E-state index is 0.412. The van der Waals surface area contributed by atoms with Gasteiger partial charge in [-0.15, -0.1) is 0 Å². The van der Waals surface area contributed by atoms with Crippen LogP contribution in [0.1, 0.15) is 19.4 Å². The Morgan fingerprint density at radius 3 is 2.36 bits per heavy atom. The van der Waals surface area contributed by atoms with E-state index in [1.165, 1.54) is 5.56 Å². The van der Waals surface area contributed by atoms with Crippen LogP contribution in [0.4, 0.5) is 0 Å². The van der Waals surface area contributed by atoms with Crippen LogP contribution in [0, 0.1) is 5.92 Å². The summed E-state index contributed by atoms with van der Waals surface area (Å²) >= 11 is 0. The van der Waals surface area contributed by atoms with Crippen molar-refractivity contribution in [2.45, 2.75) is 26.4 Å². The van der Waals surface area contributed by atoms with Crippen LogP contribution in [0.25, 0.3) is 0 Å². The van der Waals surface area contributed by atoms with Crippen molar-refractivity contribution in [1.82, 2.24) is 5.32 Å². The number of rotatable bonds is 5. The van der Waals surface area contributed by atoms with Crippen molar-refractivity contribution in [2.24, 2.45) is 11.7 Å². The molecule has 0 aliphatic carbocycles. The first kappa shape index (κ1) is 11.2. The first-order valence-corrected chi connectivity index (χ1v) is 5.21. The summed E-state index contributed by atoms with van der Waals surface area (Å²) in [6, 6.07) is 10.8. The van der Waals surface area contributed by atoms with Crippen LogP contribution in [0.5, 0.6) is 0 Å². The molecule has 0 amide bonds. The molecule has 1 aromatic carbocycles. The smallest absolute Gasteiger partial charge is 0.0216 e. The predicted molar refractivity (Wildman–Crippen MR) is 61.0 cm³/mol. The van der Waals surface area contributed by atoms with E-state index in [0.29, 0.717) is 18.5 Å². The normalized spacial score (nSPS) is 13.1. The summed E-state index contributed by atoms with van der Waals surface area (Å²) in [6.07, 6.45) is 0. The molecule has 0 fully saturated rings. The number of nitrogens with two attached hydrogens (primary N) is 1. The molecule has 0 spiro atoms. The zero-order valence-electron chi connectivity index (χ0n) is 9.03. The second kappa shape index (κ2) is 5.78. The second-order valence-electron chi connectivity index (χ2n) is 3.95. The van der Waals surface area contributed by atoms with Crippen molar-refractivity contribution in [3.8, 4) is 0 Å². The Morgan fingerprint density at radius 2 is 1.86 bits per heavy atom. The van der Waals surface area contributed by atoms with Gasteiger partial charge in [0.1, 0.15) is 0 Å². The Labute approximate surface area is 86.5 Å². The van der Waals surface area contributed by atoms with Gasteiger partial charge in [0, 0.05) is 19.1 Å². The second-order valence-corrected chi connectivity index (χ2v) is 3.95. The standard InChI is InChI=1S/C12H20N2/c1-10(2)12(8-13)14-9-11-6-4-3-5-7-11/h3-7,10,12,14H,8-9,13H2,1-2H3/t12-/m0/s1. The van der Waals surface area contributed by atoms with Crippen LogP contribution in [0.15, 0.2) is 30.3 Å². The third kappa shape index (κ3) is 3.48. The number of hydrogen-bond acceptors (Lipinski definition) is 2. The third-order valence-corrected chi connectivity index (χ3v) is 2.47. The van der Waals surface area contributed by atoms with Crippen molar-refractivity contribution in [2.75, 3.05) is 6.54 Å². The third-order valence-electron chi connectivity index (χ3n) is 2.47. The highest BCUT2D eigenvalue weighted by Crippen LogP contribution is 2.02. The van der Waals surface area contributed by atoms with E-state index < -0.39 is 0 Å². The summed E-state index contributed by atoms with van der Waals surface area (Å²) in [5.41, 5.74) is 6.99. The molecule has 1 rings (SSSR count). The molecule has 0 saturated carbocycles. The fourth-order valence-electron chi connectivity index (χ4n) is 1.44. The average Bonchev–Trinajstić information content (AvgIpc) is 2.20. The van der Waals surface area contributed by atoms with E-state index in [9.17, 15) is 0 Å². The quantitative estimate of drug-likeness (QED) is 0.746. The molecule has 78 valence electrons. The van der Waals surface area contributed by atoms with Gasteiger partial charge in [-0.3, -0.25) is 0 Å². The van der Waals surface area contributed by atoms with Crippen LogP contribution in [0.2, 0.25) is 0 Å². The van der Waals surface area contributed by atoms with E-state index in [0.717, 1.165) is 6.54 Å². The molecule has 0 radical (unpaired) electrons. The lowest BCUT2D eigenvalue weighted by atomic mass is 10.0. The minimum Gasteiger partial charge on any atom is -0.329 e. The molecule has 1 atom stereocenters. The van der Waals surface area contributed by atoms with Crippen molar-refractivity contribution < 1.29 is 0 Å². The lowest BCUT2D eigenvalue weighted by Crippen LogP contribution is -2.39. The van der Waals surface area contributed by atoms with Gasteiger partial charge in [-0.2, -0.15) is 0 Å². The lowest BCUT2D eigenvalue weighted by molar-refractivity contribution is 0.405. The summed E-state index contributed by atoms with van der Waals surface area (Å²) in [5.74, 6) is 0.587. The van der Waals surface area contributed by atoms with Crippen LogP contribution >= 0.6 is 0 Å². The molecule has 0 heterocycles. The van der Waals surface area contributed by atoms with Gasteiger partial charge >= 0.3 is 0 Å². The van der Waals surface area contributed by atoms with E-state index in [-0.39, 0.29) is 0 Å². The van der Waals surface area contributed by atoms with Crippen molar-refractivity contribution in [3.05, 3.63) is 35.9 Å². The fourth-order valence-corrected chi connectivity index (χ4v) is 1.44. The summed E-state index contributed by atoms with van der Waals surface area (Å²) in [7, 11) is 0. The van der Waals surface area contributed by atoms with Crippen LogP contribution in [-0.2, 0) is 6.54 Å². The monoisotopic (exact) mass is 192 g/mol.